The molecule has 0 unspecified atom stereocenters. The topological polar surface area (TPSA) is 48.4 Å². The van der Waals surface area contributed by atoms with Gasteiger partial charge in [-0.1, -0.05) is 0 Å². The fourth-order valence-corrected chi connectivity index (χ4v) is 1.73. The van der Waals surface area contributed by atoms with Gasteiger partial charge >= 0.3 is 0 Å². The Kier molecular flexibility index (Phi) is 1.15. The van der Waals surface area contributed by atoms with Crippen LogP contribution in [0, 0.1) is 0 Å². The van der Waals surface area contributed by atoms with Gasteiger partial charge in [-0.25, -0.2) is 0 Å². The maximum absolute atomic E-state index is 5.54. The molecule has 0 aliphatic carbocycles. The Morgan fingerprint density at radius 3 is 3.08 bits per heavy atom. The molecule has 0 radical (unpaired) electrons. The molecule has 2 heterocycles. The fourth-order valence-electron chi connectivity index (χ4n) is 1.73. The Balaban J connectivity index is 2.35. The van der Waals surface area contributed by atoms with Crippen molar-refractivity contribution in [3.8, 4) is 5.75 Å². The van der Waals surface area contributed by atoms with E-state index in [0.29, 0.717) is 5.88 Å². The number of hydrogen-bond donors (Lipinski definition) is 1. The van der Waals surface area contributed by atoms with Gasteiger partial charge in [-0.15, -0.1) is 0 Å². The second-order valence-electron chi connectivity index (χ2n) is 3.24. The Morgan fingerprint density at radius 1 is 1.23 bits per heavy atom. The highest BCUT2D eigenvalue weighted by Crippen LogP contribution is 2.32. The Hall–Kier alpha value is -1.64. The number of fused-ring (bicyclic) bond motifs is 2. The number of furan rings is 1. The van der Waals surface area contributed by atoms with Crippen LogP contribution in [-0.2, 0) is 6.42 Å². The van der Waals surface area contributed by atoms with E-state index in [9.17, 15) is 0 Å². The monoisotopic (exact) mass is 175 g/mol. The molecular formula is C10H9NO2. The van der Waals surface area contributed by atoms with E-state index >= 15 is 0 Å². The van der Waals surface area contributed by atoms with Gasteiger partial charge in [-0.05, 0) is 12.1 Å². The lowest BCUT2D eigenvalue weighted by atomic mass is 10.1. The molecule has 1 aromatic heterocycles. The van der Waals surface area contributed by atoms with Crippen LogP contribution in [0.1, 0.15) is 5.56 Å². The van der Waals surface area contributed by atoms with Gasteiger partial charge in [-0.3, -0.25) is 0 Å². The van der Waals surface area contributed by atoms with Gasteiger partial charge < -0.3 is 14.9 Å². The molecule has 2 N–H and O–H groups in total. The molecule has 3 rings (SSSR count). The Bertz CT molecular complexity index is 432. The van der Waals surface area contributed by atoms with E-state index < -0.39 is 0 Å². The van der Waals surface area contributed by atoms with Crippen molar-refractivity contribution in [2.45, 2.75) is 6.42 Å². The van der Waals surface area contributed by atoms with Gasteiger partial charge in [0.05, 0.1) is 6.61 Å². The van der Waals surface area contributed by atoms with Gasteiger partial charge in [-0.2, -0.15) is 0 Å². The molecule has 0 amide bonds. The summed E-state index contributed by atoms with van der Waals surface area (Å²) in [5, 5.41) is 1.01. The molecule has 3 nitrogen and oxygen atoms in total. The molecule has 1 aromatic carbocycles. The van der Waals surface area contributed by atoms with E-state index in [1.807, 2.05) is 18.2 Å². The van der Waals surface area contributed by atoms with E-state index in [4.69, 9.17) is 14.9 Å². The first-order valence-electron chi connectivity index (χ1n) is 4.28. The summed E-state index contributed by atoms with van der Waals surface area (Å²) in [7, 11) is 0. The van der Waals surface area contributed by atoms with E-state index in [1.165, 1.54) is 5.56 Å². The summed E-state index contributed by atoms with van der Waals surface area (Å²) in [6.07, 6.45) is 0.964. The molecule has 1 aliphatic rings. The number of anilines is 1. The largest absolute Gasteiger partial charge is 0.493 e. The normalized spacial score (nSPS) is 14.5. The number of hydrogen-bond acceptors (Lipinski definition) is 3. The minimum atomic E-state index is 0.457. The van der Waals surface area contributed by atoms with Crippen LogP contribution in [0.5, 0.6) is 5.75 Å². The molecule has 0 saturated heterocycles. The van der Waals surface area contributed by atoms with Gasteiger partial charge in [0, 0.05) is 23.4 Å². The molecule has 2 aromatic rings. The zero-order chi connectivity index (χ0) is 8.84. The minimum absolute atomic E-state index is 0.457. The number of benzene rings is 1. The standard InChI is InChI=1S/C10H9NO2/c11-10-5-7-4-8-6(1-2-12-8)3-9(7)13-10/h3-5H,1-2,11H2. The summed E-state index contributed by atoms with van der Waals surface area (Å²) >= 11 is 0. The summed E-state index contributed by atoms with van der Waals surface area (Å²) in [6, 6.07) is 5.81. The average molecular weight is 175 g/mol. The van der Waals surface area contributed by atoms with Crippen LogP contribution >= 0.6 is 0 Å². The summed E-state index contributed by atoms with van der Waals surface area (Å²) in [4.78, 5) is 0. The van der Waals surface area contributed by atoms with Crippen molar-refractivity contribution >= 4 is 16.9 Å². The molecule has 3 heteroatoms. The van der Waals surface area contributed by atoms with Crippen molar-refractivity contribution in [2.75, 3.05) is 12.3 Å². The quantitative estimate of drug-likeness (QED) is 0.665. The summed E-state index contributed by atoms with van der Waals surface area (Å²) in [5.41, 5.74) is 7.60. The first-order chi connectivity index (χ1) is 6.33. The van der Waals surface area contributed by atoms with Crippen molar-refractivity contribution in [1.82, 2.24) is 0 Å². The van der Waals surface area contributed by atoms with Crippen molar-refractivity contribution in [3.05, 3.63) is 23.8 Å². The predicted molar refractivity (Wildman–Crippen MR) is 49.8 cm³/mol. The number of ether oxygens (including phenoxy) is 1. The summed E-state index contributed by atoms with van der Waals surface area (Å²) in [6.45, 7) is 0.775. The van der Waals surface area contributed by atoms with Crippen molar-refractivity contribution in [2.24, 2.45) is 0 Å². The molecule has 0 saturated carbocycles. The van der Waals surface area contributed by atoms with Crippen LogP contribution in [0.2, 0.25) is 0 Å². The smallest absolute Gasteiger partial charge is 0.191 e. The van der Waals surface area contributed by atoms with Gasteiger partial charge in [0.1, 0.15) is 11.3 Å². The maximum atomic E-state index is 5.54. The molecule has 0 atom stereocenters. The third-order valence-electron chi connectivity index (χ3n) is 2.35. The first kappa shape index (κ1) is 6.83. The van der Waals surface area contributed by atoms with Crippen LogP contribution in [0.3, 0.4) is 0 Å². The average Bonchev–Trinajstić information content (AvgIpc) is 2.63. The Morgan fingerprint density at radius 2 is 2.15 bits per heavy atom. The third kappa shape index (κ3) is 0.900. The van der Waals surface area contributed by atoms with E-state index in [0.717, 1.165) is 29.7 Å². The second kappa shape index (κ2) is 2.19. The number of nitrogen functional groups attached to an aromatic ring is 1. The van der Waals surface area contributed by atoms with Gasteiger partial charge in [0.25, 0.3) is 0 Å². The molecule has 13 heavy (non-hydrogen) atoms. The second-order valence-corrected chi connectivity index (χ2v) is 3.24. The molecular weight excluding hydrogens is 166 g/mol. The molecule has 0 spiro atoms. The zero-order valence-corrected chi connectivity index (χ0v) is 7.04. The van der Waals surface area contributed by atoms with Gasteiger partial charge in [0.2, 0.25) is 0 Å². The summed E-state index contributed by atoms with van der Waals surface area (Å²) in [5.74, 6) is 1.42. The Labute approximate surface area is 75.1 Å². The zero-order valence-electron chi connectivity index (χ0n) is 7.04. The van der Waals surface area contributed by atoms with E-state index in [2.05, 4.69) is 0 Å². The highest BCUT2D eigenvalue weighted by atomic mass is 16.5. The maximum Gasteiger partial charge on any atom is 0.191 e. The van der Waals surface area contributed by atoms with Crippen LogP contribution in [0.25, 0.3) is 11.0 Å². The first-order valence-corrected chi connectivity index (χ1v) is 4.28. The summed E-state index contributed by atoms with van der Waals surface area (Å²) < 4.78 is 10.7. The predicted octanol–water partition coefficient (Wildman–Crippen LogP) is 1.95. The molecule has 0 bridgehead atoms. The van der Waals surface area contributed by atoms with Crippen LogP contribution in [-0.4, -0.2) is 6.61 Å². The van der Waals surface area contributed by atoms with Crippen LogP contribution < -0.4 is 10.5 Å². The highest BCUT2D eigenvalue weighted by molar-refractivity contribution is 5.83. The highest BCUT2D eigenvalue weighted by Gasteiger charge is 2.14. The fraction of sp³-hybridized carbons (Fsp3) is 0.200. The number of nitrogens with two attached hydrogens (primary N) is 1. The minimum Gasteiger partial charge on any atom is -0.493 e. The number of rotatable bonds is 0. The van der Waals surface area contributed by atoms with Crippen molar-refractivity contribution in [3.63, 3.8) is 0 Å². The molecule has 66 valence electrons. The molecule has 1 aliphatic heterocycles. The van der Waals surface area contributed by atoms with Gasteiger partial charge in [0.15, 0.2) is 5.88 Å². The SMILES string of the molecule is Nc1cc2cc3c(cc2o1)CCO3. The lowest BCUT2D eigenvalue weighted by Crippen LogP contribution is -1.85. The lowest BCUT2D eigenvalue weighted by Gasteiger charge is -1.96. The van der Waals surface area contributed by atoms with Crippen LogP contribution in [0.4, 0.5) is 5.88 Å². The van der Waals surface area contributed by atoms with E-state index in [-0.39, 0.29) is 0 Å². The third-order valence-corrected chi connectivity index (χ3v) is 2.35. The van der Waals surface area contributed by atoms with Crippen molar-refractivity contribution in [1.29, 1.82) is 0 Å². The van der Waals surface area contributed by atoms with E-state index in [1.54, 1.807) is 0 Å². The lowest BCUT2D eigenvalue weighted by molar-refractivity contribution is 0.357. The van der Waals surface area contributed by atoms with Crippen molar-refractivity contribution < 1.29 is 9.15 Å². The van der Waals surface area contributed by atoms with Crippen LogP contribution in [0.15, 0.2) is 22.6 Å². The molecule has 0 fully saturated rings.